The highest BCUT2D eigenvalue weighted by molar-refractivity contribution is 5.80. The third-order valence-electron chi connectivity index (χ3n) is 4.30. The maximum Gasteiger partial charge on any atom is 0.261 e. The van der Waals surface area contributed by atoms with Gasteiger partial charge in [-0.05, 0) is 37.3 Å². The number of morpholine rings is 1. The van der Waals surface area contributed by atoms with Crippen LogP contribution < -0.4 is 15.0 Å². The molecule has 7 nitrogen and oxygen atoms in total. The Hall–Kier alpha value is -3.11. The number of hydrogen-bond donors (Lipinski definition) is 1. The largest absolute Gasteiger partial charge is 0.481 e. The Morgan fingerprint density at radius 3 is 2.78 bits per heavy atom. The number of nitriles is 1. The van der Waals surface area contributed by atoms with Crippen LogP contribution in [0.5, 0.6) is 5.75 Å². The Labute approximate surface area is 158 Å². The normalized spacial score (nSPS) is 14.9. The first-order valence-corrected chi connectivity index (χ1v) is 8.88. The van der Waals surface area contributed by atoms with Gasteiger partial charge < -0.3 is 19.7 Å². The highest BCUT2D eigenvalue weighted by Crippen LogP contribution is 2.18. The van der Waals surface area contributed by atoms with Gasteiger partial charge in [-0.15, -0.1) is 0 Å². The summed E-state index contributed by atoms with van der Waals surface area (Å²) < 4.78 is 11.0. The van der Waals surface area contributed by atoms with E-state index >= 15 is 0 Å². The van der Waals surface area contributed by atoms with Gasteiger partial charge in [-0.1, -0.05) is 6.07 Å². The molecule has 27 heavy (non-hydrogen) atoms. The first-order valence-electron chi connectivity index (χ1n) is 8.88. The Bertz CT molecular complexity index is 811. The number of nitrogens with zero attached hydrogens (tertiary/aromatic N) is 3. The van der Waals surface area contributed by atoms with Gasteiger partial charge in [-0.3, -0.25) is 4.79 Å². The maximum absolute atomic E-state index is 12.4. The minimum atomic E-state index is -0.651. The van der Waals surface area contributed by atoms with Crippen molar-refractivity contribution in [3.8, 4) is 11.8 Å². The lowest BCUT2D eigenvalue weighted by molar-refractivity contribution is -0.127. The number of rotatable bonds is 6. The fraction of sp³-hybridized carbons (Fsp3) is 0.350. The van der Waals surface area contributed by atoms with Crippen molar-refractivity contribution in [2.24, 2.45) is 0 Å². The molecule has 1 fully saturated rings. The van der Waals surface area contributed by atoms with E-state index in [9.17, 15) is 4.79 Å². The topological polar surface area (TPSA) is 87.5 Å². The highest BCUT2D eigenvalue weighted by Gasteiger charge is 2.18. The molecule has 2 aromatic rings. The van der Waals surface area contributed by atoms with Crippen LogP contribution in [0.1, 0.15) is 18.1 Å². The zero-order valence-electron chi connectivity index (χ0n) is 15.2. The van der Waals surface area contributed by atoms with E-state index < -0.39 is 6.10 Å². The van der Waals surface area contributed by atoms with Crippen molar-refractivity contribution in [3.05, 3.63) is 53.7 Å². The van der Waals surface area contributed by atoms with Crippen LogP contribution in [0.15, 0.2) is 42.6 Å². The lowest BCUT2D eigenvalue weighted by Crippen LogP contribution is -2.39. The Balaban J connectivity index is 1.57. The number of hydrogen-bond acceptors (Lipinski definition) is 6. The third kappa shape index (κ3) is 4.96. The lowest BCUT2D eigenvalue weighted by Gasteiger charge is -2.29. The monoisotopic (exact) mass is 366 g/mol. The van der Waals surface area contributed by atoms with E-state index in [1.54, 1.807) is 37.4 Å². The van der Waals surface area contributed by atoms with Crippen molar-refractivity contribution in [2.45, 2.75) is 19.6 Å². The molecule has 7 heteroatoms. The van der Waals surface area contributed by atoms with Gasteiger partial charge in [0.25, 0.3) is 5.91 Å². The standard InChI is InChI=1S/C20H22N4O3/c1-15(27-18-6-4-16(13-21)5-7-18)20(25)23-14-17-3-2-8-22-19(17)24-9-11-26-12-10-24/h2-8,15H,9-12,14H2,1H3,(H,23,25). The number of aromatic nitrogens is 1. The lowest BCUT2D eigenvalue weighted by atomic mass is 10.2. The van der Waals surface area contributed by atoms with Gasteiger partial charge >= 0.3 is 0 Å². The first kappa shape index (κ1) is 18.7. The first-order chi connectivity index (χ1) is 13.2. The van der Waals surface area contributed by atoms with E-state index in [1.165, 1.54) is 0 Å². The van der Waals surface area contributed by atoms with Crippen LogP contribution in [0.2, 0.25) is 0 Å². The Morgan fingerprint density at radius 1 is 1.33 bits per heavy atom. The minimum absolute atomic E-state index is 0.212. The van der Waals surface area contributed by atoms with Crippen LogP contribution in [0.4, 0.5) is 5.82 Å². The number of benzene rings is 1. The predicted octanol–water partition coefficient (Wildman–Crippen LogP) is 1.87. The second-order valence-electron chi connectivity index (χ2n) is 6.20. The van der Waals surface area contributed by atoms with Crippen molar-refractivity contribution in [2.75, 3.05) is 31.2 Å². The molecule has 0 aliphatic carbocycles. The van der Waals surface area contributed by atoms with E-state index in [-0.39, 0.29) is 5.91 Å². The van der Waals surface area contributed by atoms with Crippen molar-refractivity contribution < 1.29 is 14.3 Å². The molecule has 2 heterocycles. The molecule has 1 unspecified atom stereocenters. The quantitative estimate of drug-likeness (QED) is 0.840. The van der Waals surface area contributed by atoms with E-state index in [0.29, 0.717) is 31.1 Å². The molecule has 1 amide bonds. The summed E-state index contributed by atoms with van der Waals surface area (Å²) in [6, 6.07) is 12.5. The number of carbonyl (C=O) groups excluding carboxylic acids is 1. The molecule has 0 spiro atoms. The molecule has 1 N–H and O–H groups in total. The number of amides is 1. The number of carbonyl (C=O) groups is 1. The van der Waals surface area contributed by atoms with E-state index in [1.807, 2.05) is 18.2 Å². The van der Waals surface area contributed by atoms with Crippen LogP contribution in [0.25, 0.3) is 0 Å². The SMILES string of the molecule is CC(Oc1ccc(C#N)cc1)C(=O)NCc1cccnc1N1CCOCC1. The summed E-state index contributed by atoms with van der Waals surface area (Å²) >= 11 is 0. The van der Waals surface area contributed by atoms with Crippen molar-refractivity contribution in [1.82, 2.24) is 10.3 Å². The van der Waals surface area contributed by atoms with Gasteiger partial charge in [0.2, 0.25) is 0 Å². The van der Waals surface area contributed by atoms with Crippen LogP contribution >= 0.6 is 0 Å². The zero-order valence-corrected chi connectivity index (χ0v) is 15.2. The Kier molecular flexibility index (Phi) is 6.23. The smallest absolute Gasteiger partial charge is 0.261 e. The maximum atomic E-state index is 12.4. The molecule has 0 bridgehead atoms. The molecular weight excluding hydrogens is 344 g/mol. The van der Waals surface area contributed by atoms with Gasteiger partial charge in [0.1, 0.15) is 11.6 Å². The molecule has 0 radical (unpaired) electrons. The van der Waals surface area contributed by atoms with Crippen LogP contribution in [-0.4, -0.2) is 43.3 Å². The summed E-state index contributed by atoms with van der Waals surface area (Å²) in [5, 5.41) is 11.7. The fourth-order valence-corrected chi connectivity index (χ4v) is 2.82. The number of pyridine rings is 1. The van der Waals surface area contributed by atoms with Gasteiger partial charge in [0, 0.05) is 31.4 Å². The van der Waals surface area contributed by atoms with Gasteiger partial charge in [0.15, 0.2) is 6.10 Å². The number of ether oxygens (including phenoxy) is 2. The summed E-state index contributed by atoms with van der Waals surface area (Å²) in [5.74, 6) is 1.21. The number of anilines is 1. The number of nitrogens with one attached hydrogen (secondary N) is 1. The third-order valence-corrected chi connectivity index (χ3v) is 4.30. The minimum Gasteiger partial charge on any atom is -0.481 e. The molecule has 1 aromatic carbocycles. The van der Waals surface area contributed by atoms with Crippen LogP contribution in [0, 0.1) is 11.3 Å². The molecule has 1 aliphatic heterocycles. The van der Waals surface area contributed by atoms with Gasteiger partial charge in [0.05, 0.1) is 24.8 Å². The Morgan fingerprint density at radius 2 is 2.07 bits per heavy atom. The molecule has 1 saturated heterocycles. The molecule has 1 atom stereocenters. The van der Waals surface area contributed by atoms with Gasteiger partial charge in [-0.2, -0.15) is 5.26 Å². The van der Waals surface area contributed by atoms with Crippen LogP contribution in [-0.2, 0) is 16.1 Å². The predicted molar refractivity (Wildman–Crippen MR) is 100 cm³/mol. The second kappa shape index (κ2) is 9.01. The van der Waals surface area contributed by atoms with E-state index in [0.717, 1.165) is 24.5 Å². The summed E-state index contributed by atoms with van der Waals surface area (Å²) in [6.45, 7) is 5.00. The summed E-state index contributed by atoms with van der Waals surface area (Å²) in [5.41, 5.74) is 1.50. The van der Waals surface area contributed by atoms with E-state index in [4.69, 9.17) is 14.7 Å². The molecule has 1 aromatic heterocycles. The average Bonchev–Trinajstić information content (AvgIpc) is 2.73. The summed E-state index contributed by atoms with van der Waals surface area (Å²) in [4.78, 5) is 19.0. The van der Waals surface area contributed by atoms with Crippen molar-refractivity contribution >= 4 is 11.7 Å². The molecule has 1 aliphatic rings. The molecular formula is C20H22N4O3. The van der Waals surface area contributed by atoms with E-state index in [2.05, 4.69) is 15.2 Å². The average molecular weight is 366 g/mol. The van der Waals surface area contributed by atoms with Crippen LogP contribution in [0.3, 0.4) is 0 Å². The molecule has 3 rings (SSSR count). The molecule has 0 saturated carbocycles. The van der Waals surface area contributed by atoms with Crippen molar-refractivity contribution in [1.29, 1.82) is 5.26 Å². The fourth-order valence-electron chi connectivity index (χ4n) is 2.82. The second-order valence-corrected chi connectivity index (χ2v) is 6.20. The summed E-state index contributed by atoms with van der Waals surface area (Å²) in [7, 11) is 0. The highest BCUT2D eigenvalue weighted by atomic mass is 16.5. The molecule has 140 valence electrons. The zero-order chi connectivity index (χ0) is 19.1. The summed E-state index contributed by atoms with van der Waals surface area (Å²) in [6.07, 6.45) is 1.11. The van der Waals surface area contributed by atoms with Gasteiger partial charge in [-0.25, -0.2) is 4.98 Å². The van der Waals surface area contributed by atoms with Crippen molar-refractivity contribution in [3.63, 3.8) is 0 Å².